The Kier molecular flexibility index (Phi) is 2.44. The third-order valence-electron chi connectivity index (χ3n) is 2.28. The van der Waals surface area contributed by atoms with Gasteiger partial charge in [0.2, 0.25) is 0 Å². The van der Waals surface area contributed by atoms with Crippen LogP contribution < -0.4 is 10.1 Å². The monoisotopic (exact) mass is 226 g/mol. The molecule has 0 aliphatic carbocycles. The molecule has 0 bridgehead atoms. The van der Waals surface area contributed by atoms with Crippen LogP contribution in [0.25, 0.3) is 4.96 Å². The molecule has 0 unspecified atom stereocenters. The molecule has 0 aliphatic rings. The average molecular weight is 226 g/mol. The van der Waals surface area contributed by atoms with E-state index in [2.05, 4.69) is 5.10 Å². The normalized spacial score (nSPS) is 11.1. The predicted molar refractivity (Wildman–Crippen MR) is 56.2 cm³/mol. The molecule has 0 atom stereocenters. The Morgan fingerprint density at radius 3 is 3.07 bits per heavy atom. The molecule has 0 saturated heterocycles. The van der Waals surface area contributed by atoms with Crippen LogP contribution in [0.15, 0.2) is 10.3 Å². The number of hydrogen-bond acceptors (Lipinski definition) is 4. The molecule has 2 aromatic rings. The number of hydrogen-bond donors (Lipinski definition) is 1. The van der Waals surface area contributed by atoms with Crippen molar-refractivity contribution in [3.05, 3.63) is 21.4 Å². The molecule has 0 radical (unpaired) electrons. The lowest BCUT2D eigenvalue weighted by atomic mass is 10.3. The van der Waals surface area contributed by atoms with Crippen molar-refractivity contribution in [3.8, 4) is 5.88 Å². The topological polar surface area (TPSA) is 58.5 Å². The molecule has 2 rings (SSSR count). The molecule has 0 saturated carbocycles. The first-order chi connectivity index (χ1) is 7.16. The van der Waals surface area contributed by atoms with Crippen molar-refractivity contribution >= 4 is 16.3 Å². The maximum absolute atomic E-state index is 11.7. The van der Waals surface area contributed by atoms with Gasteiger partial charge in [-0.05, 0) is 29.2 Å². The van der Waals surface area contributed by atoms with Gasteiger partial charge in [-0.1, -0.05) is 12.0 Å². The van der Waals surface area contributed by atoms with Crippen molar-refractivity contribution in [2.24, 2.45) is 0 Å². The summed E-state index contributed by atoms with van der Waals surface area (Å²) in [4.78, 5) is 12.4. The lowest BCUT2D eigenvalue weighted by molar-refractivity contribution is -0.679. The zero-order valence-corrected chi connectivity index (χ0v) is 9.41. The number of aromatic hydroxyl groups is 1. The summed E-state index contributed by atoms with van der Waals surface area (Å²) in [6.45, 7) is 4.30. The first-order valence-corrected chi connectivity index (χ1v) is 5.62. The zero-order valence-electron chi connectivity index (χ0n) is 8.60. The molecule has 2 heterocycles. The Hall–Kier alpha value is -1.43. The summed E-state index contributed by atoms with van der Waals surface area (Å²) in [6.07, 6.45) is 0.892. The van der Waals surface area contributed by atoms with Crippen molar-refractivity contribution in [2.45, 2.75) is 26.8 Å². The molecular weight excluding hydrogens is 214 g/mol. The molecule has 0 aromatic carbocycles. The molecule has 0 spiro atoms. The lowest BCUT2D eigenvalue weighted by Crippen LogP contribution is -2.40. The van der Waals surface area contributed by atoms with Crippen molar-refractivity contribution in [2.75, 3.05) is 0 Å². The van der Waals surface area contributed by atoms with Gasteiger partial charge in [-0.15, -0.1) is 0 Å². The molecule has 0 aliphatic heterocycles. The second-order valence-electron chi connectivity index (χ2n) is 3.34. The highest BCUT2D eigenvalue weighted by Crippen LogP contribution is 2.10. The van der Waals surface area contributed by atoms with Crippen molar-refractivity contribution in [1.82, 2.24) is 9.61 Å². The molecule has 6 heteroatoms. The van der Waals surface area contributed by atoms with Gasteiger partial charge in [0.05, 0.1) is 6.54 Å². The minimum atomic E-state index is -0.254. The Morgan fingerprint density at radius 2 is 2.40 bits per heavy atom. The second kappa shape index (κ2) is 3.62. The Morgan fingerprint density at radius 1 is 1.67 bits per heavy atom. The fourth-order valence-electron chi connectivity index (χ4n) is 1.51. The van der Waals surface area contributed by atoms with E-state index in [4.69, 9.17) is 0 Å². The number of fused-ring (bicyclic) bond motifs is 1. The minimum Gasteiger partial charge on any atom is -0.477 e. The van der Waals surface area contributed by atoms with Gasteiger partial charge in [-0.25, -0.2) is 4.79 Å². The van der Waals surface area contributed by atoms with Gasteiger partial charge in [0.25, 0.3) is 5.88 Å². The standard InChI is InChI=1S/C9H11N3O2S/c1-3-4-11-7(13)6(2)8(14)12-9(11)15-5-10-12/h5H,3-4H2,1-2H3/p+1. The highest BCUT2D eigenvalue weighted by Gasteiger charge is 2.22. The summed E-state index contributed by atoms with van der Waals surface area (Å²) < 4.78 is 3.05. The van der Waals surface area contributed by atoms with E-state index < -0.39 is 0 Å². The van der Waals surface area contributed by atoms with Gasteiger partial charge in [-0.3, -0.25) is 0 Å². The summed E-state index contributed by atoms with van der Waals surface area (Å²) in [7, 11) is 0. The van der Waals surface area contributed by atoms with Gasteiger partial charge >= 0.3 is 10.5 Å². The molecule has 15 heavy (non-hydrogen) atoms. The SMILES string of the molecule is CCC[n+]1c(O)c(C)c(=O)n2ncsc21. The molecule has 5 nitrogen and oxygen atoms in total. The van der Waals surface area contributed by atoms with Gasteiger partial charge in [0, 0.05) is 0 Å². The maximum atomic E-state index is 11.7. The molecule has 0 fully saturated rings. The van der Waals surface area contributed by atoms with Crippen LogP contribution in [0.2, 0.25) is 0 Å². The maximum Gasteiger partial charge on any atom is 0.374 e. The van der Waals surface area contributed by atoms with Crippen molar-refractivity contribution < 1.29 is 9.67 Å². The largest absolute Gasteiger partial charge is 0.477 e. The van der Waals surface area contributed by atoms with Crippen LogP contribution in [0.3, 0.4) is 0 Å². The van der Waals surface area contributed by atoms with E-state index in [9.17, 15) is 9.90 Å². The third-order valence-corrected chi connectivity index (χ3v) is 3.09. The van der Waals surface area contributed by atoms with Crippen LogP contribution in [-0.2, 0) is 6.54 Å². The van der Waals surface area contributed by atoms with Crippen LogP contribution >= 0.6 is 11.3 Å². The molecular formula is C9H12N3O2S+. The highest BCUT2D eigenvalue weighted by molar-refractivity contribution is 7.14. The summed E-state index contributed by atoms with van der Waals surface area (Å²) in [6, 6.07) is 0. The molecule has 2 aromatic heterocycles. The highest BCUT2D eigenvalue weighted by atomic mass is 32.1. The number of aryl methyl sites for hydroxylation is 1. The van der Waals surface area contributed by atoms with Gasteiger partial charge in [-0.2, -0.15) is 4.57 Å². The third kappa shape index (κ3) is 1.41. The van der Waals surface area contributed by atoms with Crippen molar-refractivity contribution in [3.63, 3.8) is 0 Å². The van der Waals surface area contributed by atoms with Crippen molar-refractivity contribution in [1.29, 1.82) is 0 Å². The molecule has 1 N–H and O–H groups in total. The van der Waals surface area contributed by atoms with E-state index in [-0.39, 0.29) is 11.4 Å². The van der Waals surface area contributed by atoms with Crippen LogP contribution in [0.4, 0.5) is 0 Å². The number of aromatic nitrogens is 3. The smallest absolute Gasteiger partial charge is 0.374 e. The quantitative estimate of drug-likeness (QED) is 0.757. The van der Waals surface area contributed by atoms with E-state index in [1.807, 2.05) is 6.92 Å². The lowest BCUT2D eigenvalue weighted by Gasteiger charge is -2.02. The van der Waals surface area contributed by atoms with Gasteiger partial charge in [0.15, 0.2) is 0 Å². The number of nitrogens with zero attached hydrogens (tertiary/aromatic N) is 3. The van der Waals surface area contributed by atoms with E-state index in [1.54, 1.807) is 17.0 Å². The fraction of sp³-hybridized carbons (Fsp3) is 0.444. The van der Waals surface area contributed by atoms with Gasteiger partial charge in [0.1, 0.15) is 11.1 Å². The Balaban J connectivity index is 2.88. The molecule has 80 valence electrons. The number of rotatable bonds is 2. The zero-order chi connectivity index (χ0) is 11.0. The average Bonchev–Trinajstić information content (AvgIpc) is 2.70. The van der Waals surface area contributed by atoms with Crippen LogP contribution in [-0.4, -0.2) is 14.7 Å². The van der Waals surface area contributed by atoms with Crippen LogP contribution in [0.1, 0.15) is 18.9 Å². The minimum absolute atomic E-state index is 0.0473. The van der Waals surface area contributed by atoms with E-state index in [1.165, 1.54) is 15.9 Å². The van der Waals surface area contributed by atoms with Crippen LogP contribution in [0.5, 0.6) is 5.88 Å². The first kappa shape index (κ1) is 10.1. The van der Waals surface area contributed by atoms with E-state index >= 15 is 0 Å². The molecule has 0 amide bonds. The second-order valence-corrected chi connectivity index (χ2v) is 4.15. The van der Waals surface area contributed by atoms with E-state index in [0.717, 1.165) is 6.42 Å². The summed E-state index contributed by atoms with van der Waals surface area (Å²) in [5.41, 5.74) is 1.69. The van der Waals surface area contributed by atoms with E-state index in [0.29, 0.717) is 17.1 Å². The van der Waals surface area contributed by atoms with Crippen LogP contribution in [0, 0.1) is 6.92 Å². The predicted octanol–water partition coefficient (Wildman–Crippen LogP) is 0.468. The Bertz CT molecular complexity index is 558. The summed E-state index contributed by atoms with van der Waals surface area (Å²) >= 11 is 1.35. The van der Waals surface area contributed by atoms with Gasteiger partial charge < -0.3 is 5.11 Å². The summed E-state index contributed by atoms with van der Waals surface area (Å²) in [5.74, 6) is 0.0473. The first-order valence-electron chi connectivity index (χ1n) is 4.74. The Labute approximate surface area is 90.2 Å². The summed E-state index contributed by atoms with van der Waals surface area (Å²) in [5, 5.41) is 13.8. The fourth-order valence-corrected chi connectivity index (χ4v) is 2.28.